The Kier molecular flexibility index (Phi) is 7.92. The van der Waals surface area contributed by atoms with E-state index in [1.54, 1.807) is 0 Å². The lowest BCUT2D eigenvalue weighted by Gasteiger charge is -2.41. The van der Waals surface area contributed by atoms with Gasteiger partial charge >= 0.3 is 0 Å². The zero-order valence-corrected chi connectivity index (χ0v) is 15.2. The highest BCUT2D eigenvalue weighted by atomic mass is 16.1. The fraction of sp³-hybridized carbons (Fsp3) is 0.750. The predicted molar refractivity (Wildman–Crippen MR) is 95.6 cm³/mol. The van der Waals surface area contributed by atoms with Crippen LogP contribution in [0.1, 0.15) is 66.7 Å². The Balaban J connectivity index is 2.43. The van der Waals surface area contributed by atoms with Crippen LogP contribution in [0.5, 0.6) is 0 Å². The Labute approximate surface area is 137 Å². The van der Waals surface area contributed by atoms with Crippen LogP contribution >= 0.6 is 0 Å². The molecule has 1 N–H and O–H groups in total. The first-order chi connectivity index (χ1) is 10.4. The van der Waals surface area contributed by atoms with Gasteiger partial charge in [-0.05, 0) is 56.3 Å². The van der Waals surface area contributed by atoms with E-state index in [4.69, 9.17) is 0 Å². The SMILES string of the molecule is C/C=C\C=C/CCCNC(=O)C1CC(C)(C)CCC1C(C)C. The number of carbonyl (C=O) groups excluding carboxylic acids is 1. The van der Waals surface area contributed by atoms with E-state index in [-0.39, 0.29) is 11.8 Å². The summed E-state index contributed by atoms with van der Waals surface area (Å²) in [5.41, 5.74) is 0.308. The second kappa shape index (κ2) is 9.17. The lowest BCUT2D eigenvalue weighted by molar-refractivity contribution is -0.130. The minimum atomic E-state index is 0.197. The maximum Gasteiger partial charge on any atom is 0.223 e. The number of hydrogen-bond donors (Lipinski definition) is 1. The van der Waals surface area contributed by atoms with Gasteiger partial charge < -0.3 is 5.32 Å². The molecule has 22 heavy (non-hydrogen) atoms. The summed E-state index contributed by atoms with van der Waals surface area (Å²) in [6, 6.07) is 0. The van der Waals surface area contributed by atoms with Crippen molar-refractivity contribution in [2.75, 3.05) is 6.54 Å². The van der Waals surface area contributed by atoms with Gasteiger partial charge in [-0.25, -0.2) is 0 Å². The number of amides is 1. The number of hydrogen-bond acceptors (Lipinski definition) is 1. The van der Waals surface area contributed by atoms with E-state index >= 15 is 0 Å². The van der Waals surface area contributed by atoms with Crippen molar-refractivity contribution >= 4 is 5.91 Å². The van der Waals surface area contributed by atoms with Crippen LogP contribution in [0.2, 0.25) is 0 Å². The quantitative estimate of drug-likeness (QED) is 0.514. The summed E-state index contributed by atoms with van der Waals surface area (Å²) < 4.78 is 0. The van der Waals surface area contributed by atoms with Crippen LogP contribution in [0, 0.1) is 23.2 Å². The Morgan fingerprint density at radius 2 is 2.05 bits per heavy atom. The van der Waals surface area contributed by atoms with Crippen molar-refractivity contribution in [3.8, 4) is 0 Å². The van der Waals surface area contributed by atoms with Gasteiger partial charge in [0, 0.05) is 12.5 Å². The highest BCUT2D eigenvalue weighted by molar-refractivity contribution is 5.79. The van der Waals surface area contributed by atoms with Crippen LogP contribution in [0.4, 0.5) is 0 Å². The lowest BCUT2D eigenvalue weighted by atomic mass is 9.64. The molecule has 2 unspecified atom stereocenters. The maximum absolute atomic E-state index is 12.6. The summed E-state index contributed by atoms with van der Waals surface area (Å²) in [6.07, 6.45) is 13.8. The molecule has 0 aromatic heterocycles. The number of nitrogens with one attached hydrogen (secondary N) is 1. The first kappa shape index (κ1) is 19.0. The van der Waals surface area contributed by atoms with Gasteiger partial charge in [0.1, 0.15) is 0 Å². The zero-order chi connectivity index (χ0) is 16.6. The molecule has 2 heteroatoms. The highest BCUT2D eigenvalue weighted by Crippen LogP contribution is 2.44. The molecule has 0 spiro atoms. The van der Waals surface area contributed by atoms with Gasteiger partial charge in [-0.1, -0.05) is 52.0 Å². The molecule has 0 aromatic rings. The molecule has 1 fully saturated rings. The first-order valence-corrected chi connectivity index (χ1v) is 8.93. The monoisotopic (exact) mass is 305 g/mol. The van der Waals surface area contributed by atoms with Crippen molar-refractivity contribution in [2.45, 2.75) is 66.7 Å². The maximum atomic E-state index is 12.6. The third kappa shape index (κ3) is 6.37. The summed E-state index contributed by atoms with van der Waals surface area (Å²) in [6.45, 7) is 11.9. The van der Waals surface area contributed by atoms with Crippen molar-refractivity contribution in [1.82, 2.24) is 5.32 Å². The summed E-state index contributed by atoms with van der Waals surface area (Å²) in [7, 11) is 0. The van der Waals surface area contributed by atoms with Crippen LogP contribution in [0.15, 0.2) is 24.3 Å². The lowest BCUT2D eigenvalue weighted by Crippen LogP contribution is -2.42. The first-order valence-electron chi connectivity index (χ1n) is 8.93. The molecule has 0 bridgehead atoms. The molecule has 1 rings (SSSR count). The molecular weight excluding hydrogens is 270 g/mol. The molecule has 2 nitrogen and oxygen atoms in total. The minimum absolute atomic E-state index is 0.197. The second-order valence-corrected chi connectivity index (χ2v) is 7.81. The standard InChI is InChI=1S/C20H35NO/c1-6-7-8-9-10-11-14-21-19(22)18-15-20(4,5)13-12-17(18)16(2)3/h6-9,16-18H,10-15H2,1-5H3,(H,21,22)/b7-6-,9-8-. The third-order valence-corrected chi connectivity index (χ3v) is 4.92. The van der Waals surface area contributed by atoms with Crippen LogP contribution in [-0.2, 0) is 4.79 Å². The second-order valence-electron chi connectivity index (χ2n) is 7.81. The van der Waals surface area contributed by atoms with E-state index in [0.717, 1.165) is 25.8 Å². The number of carbonyl (C=O) groups is 1. The molecule has 0 radical (unpaired) electrons. The van der Waals surface area contributed by atoms with E-state index in [0.29, 0.717) is 17.3 Å². The molecular formula is C20H35NO. The van der Waals surface area contributed by atoms with Crippen LogP contribution in [0.25, 0.3) is 0 Å². The molecule has 0 heterocycles. The molecule has 1 saturated carbocycles. The summed E-state index contributed by atoms with van der Waals surface area (Å²) in [4.78, 5) is 12.6. The van der Waals surface area contributed by atoms with Crippen molar-refractivity contribution in [3.63, 3.8) is 0 Å². The van der Waals surface area contributed by atoms with E-state index < -0.39 is 0 Å². The summed E-state index contributed by atoms with van der Waals surface area (Å²) in [5.74, 6) is 1.62. The fourth-order valence-electron chi connectivity index (χ4n) is 3.54. The smallest absolute Gasteiger partial charge is 0.223 e. The Bertz CT molecular complexity index is 393. The molecule has 0 aliphatic heterocycles. The van der Waals surface area contributed by atoms with E-state index in [9.17, 15) is 4.79 Å². The molecule has 1 aliphatic rings. The predicted octanol–water partition coefficient (Wildman–Crippen LogP) is 5.11. The van der Waals surface area contributed by atoms with Crippen LogP contribution in [0.3, 0.4) is 0 Å². The average molecular weight is 306 g/mol. The molecule has 2 atom stereocenters. The van der Waals surface area contributed by atoms with Gasteiger partial charge in [0.15, 0.2) is 0 Å². The van der Waals surface area contributed by atoms with E-state index in [2.05, 4.69) is 45.2 Å². The Morgan fingerprint density at radius 1 is 1.32 bits per heavy atom. The zero-order valence-electron chi connectivity index (χ0n) is 15.2. The number of rotatable bonds is 7. The molecule has 126 valence electrons. The average Bonchev–Trinajstić information content (AvgIpc) is 2.44. The third-order valence-electron chi connectivity index (χ3n) is 4.92. The van der Waals surface area contributed by atoms with Crippen molar-refractivity contribution in [1.29, 1.82) is 0 Å². The Morgan fingerprint density at radius 3 is 2.68 bits per heavy atom. The van der Waals surface area contributed by atoms with Gasteiger partial charge in [-0.15, -0.1) is 0 Å². The van der Waals surface area contributed by atoms with Crippen molar-refractivity contribution < 1.29 is 4.79 Å². The largest absolute Gasteiger partial charge is 0.356 e. The van der Waals surface area contributed by atoms with Gasteiger partial charge in [-0.2, -0.15) is 0 Å². The van der Waals surface area contributed by atoms with Gasteiger partial charge in [-0.3, -0.25) is 4.79 Å². The van der Waals surface area contributed by atoms with Crippen LogP contribution in [-0.4, -0.2) is 12.5 Å². The fourth-order valence-corrected chi connectivity index (χ4v) is 3.54. The number of unbranched alkanes of at least 4 members (excludes halogenated alkanes) is 1. The highest BCUT2D eigenvalue weighted by Gasteiger charge is 2.39. The molecule has 0 aromatic carbocycles. The summed E-state index contributed by atoms with van der Waals surface area (Å²) >= 11 is 0. The van der Waals surface area contributed by atoms with E-state index in [1.165, 1.54) is 12.8 Å². The molecule has 0 saturated heterocycles. The summed E-state index contributed by atoms with van der Waals surface area (Å²) in [5, 5.41) is 3.18. The number of allylic oxidation sites excluding steroid dienone is 4. The topological polar surface area (TPSA) is 29.1 Å². The van der Waals surface area contributed by atoms with Crippen molar-refractivity contribution in [3.05, 3.63) is 24.3 Å². The molecule has 1 amide bonds. The van der Waals surface area contributed by atoms with Gasteiger partial charge in [0.2, 0.25) is 5.91 Å². The van der Waals surface area contributed by atoms with Crippen molar-refractivity contribution in [2.24, 2.45) is 23.2 Å². The van der Waals surface area contributed by atoms with Crippen LogP contribution < -0.4 is 5.32 Å². The Hall–Kier alpha value is -1.05. The van der Waals surface area contributed by atoms with E-state index in [1.807, 2.05) is 19.1 Å². The van der Waals surface area contributed by atoms with Gasteiger partial charge in [0.05, 0.1) is 0 Å². The van der Waals surface area contributed by atoms with Gasteiger partial charge in [0.25, 0.3) is 0 Å². The molecule has 1 aliphatic carbocycles. The minimum Gasteiger partial charge on any atom is -0.356 e. The normalized spacial score (nSPS) is 25.2.